The number of furan rings is 1. The van der Waals surface area contributed by atoms with Gasteiger partial charge in [0.1, 0.15) is 17.1 Å². The van der Waals surface area contributed by atoms with E-state index in [9.17, 15) is 4.79 Å². The van der Waals surface area contributed by atoms with Gasteiger partial charge in [-0.15, -0.1) is 0 Å². The Morgan fingerprint density at radius 1 is 1.13 bits per heavy atom. The summed E-state index contributed by atoms with van der Waals surface area (Å²) in [5.74, 6) is 0.530. The number of carboxylic acids is 1. The number of carbonyl (C=O) groups is 1. The van der Waals surface area contributed by atoms with Crippen LogP contribution in [0.25, 0.3) is 11.0 Å². The molecule has 0 aliphatic carbocycles. The summed E-state index contributed by atoms with van der Waals surface area (Å²) in [5, 5.41) is 9.82. The fourth-order valence-corrected chi connectivity index (χ4v) is 4.52. The molecule has 0 spiro atoms. The quantitative estimate of drug-likeness (QED) is 0.483. The first kappa shape index (κ1) is 16.6. The van der Waals surface area contributed by atoms with Crippen molar-refractivity contribution < 1.29 is 19.1 Å². The largest absolute Gasteiger partial charge is 0.480 e. The Hall–Kier alpha value is -1.29. The van der Waals surface area contributed by atoms with Crippen molar-refractivity contribution in [2.75, 3.05) is 6.61 Å². The summed E-state index contributed by atoms with van der Waals surface area (Å²) in [6.45, 7) is -0.338. The number of carboxylic acid groups (broad SMARTS) is 1. The average molecular weight is 534 g/mol. The van der Waals surface area contributed by atoms with Gasteiger partial charge >= 0.3 is 5.97 Å². The molecule has 23 heavy (non-hydrogen) atoms. The fraction of sp³-hybridized carbons (Fsp3) is 0.118. The maximum absolute atomic E-state index is 10.6. The van der Waals surface area contributed by atoms with Crippen LogP contribution in [0, 0.1) is 7.14 Å². The molecule has 0 aliphatic rings. The van der Waals surface area contributed by atoms with Crippen LogP contribution in [0.5, 0.6) is 5.75 Å². The van der Waals surface area contributed by atoms with Crippen LogP contribution in [0.2, 0.25) is 0 Å². The van der Waals surface area contributed by atoms with Gasteiger partial charge in [-0.05, 0) is 75.0 Å². The molecule has 2 aromatic carbocycles. The van der Waals surface area contributed by atoms with Crippen molar-refractivity contribution in [3.05, 3.63) is 60.9 Å². The van der Waals surface area contributed by atoms with Gasteiger partial charge in [0.05, 0.1) is 7.14 Å². The van der Waals surface area contributed by atoms with E-state index in [1.165, 1.54) is 0 Å². The predicted molar refractivity (Wildman–Crippen MR) is 104 cm³/mol. The monoisotopic (exact) mass is 534 g/mol. The van der Waals surface area contributed by atoms with Crippen LogP contribution < -0.4 is 4.74 Å². The number of benzene rings is 2. The number of fused-ring (bicyclic) bond motifs is 1. The zero-order valence-corrected chi connectivity index (χ0v) is 16.2. The van der Waals surface area contributed by atoms with Gasteiger partial charge in [0, 0.05) is 11.8 Å². The van der Waals surface area contributed by atoms with E-state index in [2.05, 4.69) is 45.2 Å². The highest BCUT2D eigenvalue weighted by Gasteiger charge is 2.12. The van der Waals surface area contributed by atoms with E-state index in [1.54, 1.807) is 0 Å². The van der Waals surface area contributed by atoms with Gasteiger partial charge in [0.25, 0.3) is 0 Å². The second kappa shape index (κ2) is 7.08. The SMILES string of the molecule is O=C(O)COc1c(I)cc(Cc2cc3ccccc3o2)cc1I. The van der Waals surface area contributed by atoms with Crippen molar-refractivity contribution in [3.63, 3.8) is 0 Å². The molecule has 0 bridgehead atoms. The van der Waals surface area contributed by atoms with Crippen molar-refractivity contribution in [1.29, 1.82) is 0 Å². The number of hydrogen-bond acceptors (Lipinski definition) is 3. The van der Waals surface area contributed by atoms with Gasteiger partial charge in [0.2, 0.25) is 0 Å². The Morgan fingerprint density at radius 3 is 2.48 bits per heavy atom. The lowest BCUT2D eigenvalue weighted by atomic mass is 10.1. The molecule has 0 fully saturated rings. The molecular weight excluding hydrogens is 522 g/mol. The summed E-state index contributed by atoms with van der Waals surface area (Å²) in [6.07, 6.45) is 0.680. The summed E-state index contributed by atoms with van der Waals surface area (Å²) in [7, 11) is 0. The molecule has 0 saturated heterocycles. The third-order valence-electron chi connectivity index (χ3n) is 3.25. The fourth-order valence-electron chi connectivity index (χ4n) is 2.31. The molecule has 6 heteroatoms. The summed E-state index contributed by atoms with van der Waals surface area (Å²) < 4.78 is 13.0. The molecule has 0 aliphatic heterocycles. The van der Waals surface area contributed by atoms with Crippen LogP contribution in [0.1, 0.15) is 11.3 Å². The number of rotatable bonds is 5. The lowest BCUT2D eigenvalue weighted by Gasteiger charge is -2.10. The third kappa shape index (κ3) is 3.97. The van der Waals surface area contributed by atoms with Crippen molar-refractivity contribution in [1.82, 2.24) is 0 Å². The molecule has 0 unspecified atom stereocenters. The summed E-state index contributed by atoms with van der Waals surface area (Å²) in [5.41, 5.74) is 1.98. The van der Waals surface area contributed by atoms with Crippen LogP contribution in [0.4, 0.5) is 0 Å². The molecule has 0 saturated carbocycles. The average Bonchev–Trinajstić information content (AvgIpc) is 2.88. The van der Waals surface area contributed by atoms with Crippen molar-refractivity contribution in [3.8, 4) is 5.75 Å². The third-order valence-corrected chi connectivity index (χ3v) is 4.86. The number of hydrogen-bond donors (Lipinski definition) is 1. The minimum Gasteiger partial charge on any atom is -0.480 e. The molecule has 1 heterocycles. The number of halogens is 2. The van der Waals surface area contributed by atoms with Gasteiger partial charge < -0.3 is 14.3 Å². The highest BCUT2D eigenvalue weighted by molar-refractivity contribution is 14.1. The Balaban J connectivity index is 1.84. The summed E-state index contributed by atoms with van der Waals surface area (Å²) in [4.78, 5) is 10.6. The molecule has 4 nitrogen and oxygen atoms in total. The zero-order chi connectivity index (χ0) is 16.4. The summed E-state index contributed by atoms with van der Waals surface area (Å²) >= 11 is 4.32. The van der Waals surface area contributed by atoms with E-state index in [0.717, 1.165) is 29.4 Å². The van der Waals surface area contributed by atoms with E-state index in [0.29, 0.717) is 12.2 Å². The van der Waals surface area contributed by atoms with E-state index in [-0.39, 0.29) is 6.61 Å². The molecule has 3 rings (SSSR count). The van der Waals surface area contributed by atoms with Crippen molar-refractivity contribution in [2.45, 2.75) is 6.42 Å². The maximum Gasteiger partial charge on any atom is 0.341 e. The molecule has 1 aromatic heterocycles. The van der Waals surface area contributed by atoms with E-state index < -0.39 is 5.97 Å². The van der Waals surface area contributed by atoms with Crippen molar-refractivity contribution in [2.24, 2.45) is 0 Å². The van der Waals surface area contributed by atoms with E-state index >= 15 is 0 Å². The molecule has 0 atom stereocenters. The molecule has 118 valence electrons. The molecular formula is C17H12I2O4. The number of aliphatic carboxylic acids is 1. The van der Waals surface area contributed by atoms with Gasteiger partial charge in [0.15, 0.2) is 6.61 Å². The van der Waals surface area contributed by atoms with Crippen LogP contribution in [-0.4, -0.2) is 17.7 Å². The Morgan fingerprint density at radius 2 is 1.83 bits per heavy atom. The highest BCUT2D eigenvalue weighted by atomic mass is 127. The van der Waals surface area contributed by atoms with Gasteiger partial charge in [-0.25, -0.2) is 4.79 Å². The van der Waals surface area contributed by atoms with Crippen molar-refractivity contribution >= 4 is 62.1 Å². The number of para-hydroxylation sites is 1. The first-order valence-corrected chi connectivity index (χ1v) is 8.98. The van der Waals surface area contributed by atoms with Gasteiger partial charge in [-0.1, -0.05) is 18.2 Å². The highest BCUT2D eigenvalue weighted by Crippen LogP contribution is 2.30. The van der Waals surface area contributed by atoms with Crippen LogP contribution in [0.3, 0.4) is 0 Å². The molecule has 0 amide bonds. The Bertz CT molecular complexity index is 814. The second-order valence-corrected chi connectivity index (χ2v) is 7.32. The molecule has 3 aromatic rings. The number of ether oxygens (including phenoxy) is 1. The van der Waals surface area contributed by atoms with E-state index in [4.69, 9.17) is 14.3 Å². The topological polar surface area (TPSA) is 59.7 Å². The zero-order valence-electron chi connectivity index (χ0n) is 11.9. The van der Waals surface area contributed by atoms with Crippen LogP contribution in [-0.2, 0) is 11.2 Å². The maximum atomic E-state index is 10.6. The smallest absolute Gasteiger partial charge is 0.341 e. The minimum absolute atomic E-state index is 0.338. The van der Waals surface area contributed by atoms with Crippen LogP contribution >= 0.6 is 45.2 Å². The van der Waals surface area contributed by atoms with Gasteiger partial charge in [-0.2, -0.15) is 0 Å². The minimum atomic E-state index is -0.983. The standard InChI is InChI=1S/C17H12I2O4/c18-13-6-10(7-14(19)17(13)22-9-16(20)21)5-12-8-11-3-1-2-4-15(11)23-12/h1-4,6-8H,5,9H2,(H,20,21). The lowest BCUT2D eigenvalue weighted by molar-refractivity contribution is -0.139. The molecule has 1 N–H and O–H groups in total. The van der Waals surface area contributed by atoms with E-state index in [1.807, 2.05) is 42.5 Å². The normalized spacial score (nSPS) is 10.9. The molecule has 0 radical (unpaired) electrons. The Labute approximate surface area is 160 Å². The lowest BCUT2D eigenvalue weighted by Crippen LogP contribution is -2.11. The predicted octanol–water partition coefficient (Wildman–Crippen LogP) is 4.70. The first-order chi connectivity index (χ1) is 11.0. The van der Waals surface area contributed by atoms with Crippen LogP contribution in [0.15, 0.2) is 46.9 Å². The summed E-state index contributed by atoms with van der Waals surface area (Å²) in [6, 6.07) is 14.0. The first-order valence-electron chi connectivity index (χ1n) is 6.83. The second-order valence-electron chi connectivity index (χ2n) is 5.00. The van der Waals surface area contributed by atoms with Gasteiger partial charge in [-0.3, -0.25) is 0 Å². The Kier molecular flexibility index (Phi) is 5.10.